The topological polar surface area (TPSA) is 102 Å². The summed E-state index contributed by atoms with van der Waals surface area (Å²) in [6, 6.07) is 9.00. The van der Waals surface area contributed by atoms with Gasteiger partial charge in [-0.25, -0.2) is 0 Å². The summed E-state index contributed by atoms with van der Waals surface area (Å²) < 4.78 is 7.04. The molecule has 2 amide bonds. The lowest BCUT2D eigenvalue weighted by Crippen LogP contribution is -2.31. The van der Waals surface area contributed by atoms with Gasteiger partial charge in [-0.15, -0.1) is 10.2 Å². The Morgan fingerprint density at radius 3 is 2.59 bits per heavy atom. The molecule has 4 heterocycles. The van der Waals surface area contributed by atoms with Crippen molar-refractivity contribution in [1.82, 2.24) is 24.6 Å². The van der Waals surface area contributed by atoms with Gasteiger partial charge in [0.15, 0.2) is 0 Å². The highest BCUT2D eigenvalue weighted by atomic mass is 16.5. The summed E-state index contributed by atoms with van der Waals surface area (Å²) in [6.07, 6.45) is 4.06. The van der Waals surface area contributed by atoms with Crippen LogP contribution in [0.2, 0.25) is 0 Å². The standard InChI is InChI=1S/C23H24N6O3/c1-14-7-15(10-24-9-14)23(31)28-11-16-8-20-26-27-21(29(20)13-17(16)12-28)22(30)25-18-3-5-19(32-2)6-4-18/h3-7,9-10,16-17H,8,11-13H2,1-2H3,(H,25,30)/t16-,17-/m1/s1. The third-order valence-corrected chi connectivity index (χ3v) is 6.23. The van der Waals surface area contributed by atoms with Crippen molar-refractivity contribution in [1.29, 1.82) is 0 Å². The number of likely N-dealkylation sites (tertiary alicyclic amines) is 1. The molecular formula is C23H24N6O3. The Bertz CT molecular complexity index is 1170. The average Bonchev–Trinajstić information content (AvgIpc) is 3.41. The summed E-state index contributed by atoms with van der Waals surface area (Å²) >= 11 is 0. The zero-order valence-corrected chi connectivity index (χ0v) is 18.0. The molecule has 3 aromatic rings. The van der Waals surface area contributed by atoms with Crippen molar-refractivity contribution < 1.29 is 14.3 Å². The molecule has 1 aromatic carbocycles. The summed E-state index contributed by atoms with van der Waals surface area (Å²) in [6.45, 7) is 3.87. The molecule has 5 rings (SSSR count). The van der Waals surface area contributed by atoms with Gasteiger partial charge in [0.1, 0.15) is 11.6 Å². The average molecular weight is 432 g/mol. The van der Waals surface area contributed by atoms with Crippen molar-refractivity contribution in [3.05, 3.63) is 65.5 Å². The Morgan fingerprint density at radius 2 is 1.84 bits per heavy atom. The van der Waals surface area contributed by atoms with E-state index in [4.69, 9.17) is 4.74 Å². The fourth-order valence-electron chi connectivity index (χ4n) is 4.57. The molecule has 1 N–H and O–H groups in total. The Morgan fingerprint density at radius 1 is 1.06 bits per heavy atom. The van der Waals surface area contributed by atoms with Crippen molar-refractivity contribution in [2.75, 3.05) is 25.5 Å². The fraction of sp³-hybridized carbons (Fsp3) is 0.348. The van der Waals surface area contributed by atoms with Crippen molar-refractivity contribution in [3.63, 3.8) is 0 Å². The number of amides is 2. The number of methoxy groups -OCH3 is 1. The minimum Gasteiger partial charge on any atom is -0.497 e. The van der Waals surface area contributed by atoms with E-state index < -0.39 is 0 Å². The smallest absolute Gasteiger partial charge is 0.293 e. The number of carbonyl (C=O) groups excluding carboxylic acids is 2. The number of aromatic nitrogens is 4. The molecule has 9 nitrogen and oxygen atoms in total. The SMILES string of the molecule is COc1ccc(NC(=O)c2nnc3n2C[C@H]2CN(C(=O)c4cncc(C)c4)C[C@H]2C3)cc1. The summed E-state index contributed by atoms with van der Waals surface area (Å²) in [7, 11) is 1.60. The van der Waals surface area contributed by atoms with Crippen molar-refractivity contribution in [3.8, 4) is 5.75 Å². The van der Waals surface area contributed by atoms with Gasteiger partial charge in [0, 0.05) is 44.1 Å². The lowest BCUT2D eigenvalue weighted by Gasteiger charge is -2.25. The number of pyridine rings is 1. The Hall–Kier alpha value is -3.75. The van der Waals surface area contributed by atoms with E-state index in [0.717, 1.165) is 17.1 Å². The number of hydrogen-bond acceptors (Lipinski definition) is 6. The molecule has 2 aromatic heterocycles. The molecule has 32 heavy (non-hydrogen) atoms. The van der Waals surface area contributed by atoms with E-state index in [0.29, 0.717) is 49.0 Å². The minimum absolute atomic E-state index is 0.00355. The van der Waals surface area contributed by atoms with Crippen LogP contribution in [-0.2, 0) is 13.0 Å². The highest BCUT2D eigenvalue weighted by Gasteiger charge is 2.40. The lowest BCUT2D eigenvalue weighted by atomic mass is 9.89. The fourth-order valence-corrected chi connectivity index (χ4v) is 4.57. The van der Waals surface area contributed by atoms with Crippen LogP contribution in [0.1, 0.15) is 32.4 Å². The van der Waals surface area contributed by atoms with Gasteiger partial charge in [-0.1, -0.05) is 0 Å². The van der Waals surface area contributed by atoms with Gasteiger partial charge < -0.3 is 19.5 Å². The summed E-state index contributed by atoms with van der Waals surface area (Å²) in [4.78, 5) is 31.8. The first-order valence-electron chi connectivity index (χ1n) is 10.6. The Balaban J connectivity index is 1.29. The van der Waals surface area contributed by atoms with Crippen LogP contribution < -0.4 is 10.1 Å². The zero-order chi connectivity index (χ0) is 22.2. The third kappa shape index (κ3) is 3.70. The third-order valence-electron chi connectivity index (χ3n) is 6.23. The predicted molar refractivity (Wildman–Crippen MR) is 117 cm³/mol. The lowest BCUT2D eigenvalue weighted by molar-refractivity contribution is 0.0782. The maximum absolute atomic E-state index is 13.0. The van der Waals surface area contributed by atoms with Crippen molar-refractivity contribution in [2.45, 2.75) is 19.9 Å². The number of nitrogens with zero attached hydrogens (tertiary/aromatic N) is 5. The van der Waals surface area contributed by atoms with Gasteiger partial charge in [-0.2, -0.15) is 0 Å². The van der Waals surface area contributed by atoms with Gasteiger partial charge in [-0.05, 0) is 54.7 Å². The second-order valence-electron chi connectivity index (χ2n) is 8.42. The molecule has 9 heteroatoms. The number of nitrogens with one attached hydrogen (secondary N) is 1. The maximum Gasteiger partial charge on any atom is 0.293 e. The van der Waals surface area contributed by atoms with Gasteiger partial charge in [0.05, 0.1) is 12.7 Å². The van der Waals surface area contributed by atoms with E-state index in [1.807, 2.05) is 22.5 Å². The van der Waals surface area contributed by atoms with Crippen LogP contribution in [0.5, 0.6) is 5.75 Å². The largest absolute Gasteiger partial charge is 0.497 e. The number of carbonyl (C=O) groups is 2. The summed E-state index contributed by atoms with van der Waals surface area (Å²) in [5, 5.41) is 11.3. The Kier molecular flexibility index (Phi) is 5.08. The molecule has 2 aliphatic heterocycles. The van der Waals surface area contributed by atoms with E-state index in [1.54, 1.807) is 43.8 Å². The molecular weight excluding hydrogens is 408 g/mol. The van der Waals surface area contributed by atoms with Crippen LogP contribution >= 0.6 is 0 Å². The molecule has 0 radical (unpaired) electrons. The molecule has 0 aliphatic carbocycles. The second-order valence-corrected chi connectivity index (χ2v) is 8.42. The van der Waals surface area contributed by atoms with Gasteiger partial charge in [0.2, 0.25) is 5.82 Å². The number of aryl methyl sites for hydroxylation is 1. The summed E-state index contributed by atoms with van der Waals surface area (Å²) in [5.74, 6) is 2.07. The number of anilines is 1. The molecule has 1 saturated heterocycles. The van der Waals surface area contributed by atoms with E-state index in [-0.39, 0.29) is 17.7 Å². The number of fused-ring (bicyclic) bond motifs is 2. The highest BCUT2D eigenvalue weighted by molar-refractivity contribution is 6.01. The number of benzene rings is 1. The first kappa shape index (κ1) is 20.2. The van der Waals surface area contributed by atoms with Crippen molar-refractivity contribution in [2.24, 2.45) is 11.8 Å². The normalized spacial score (nSPS) is 19.2. The van der Waals surface area contributed by atoms with Crippen molar-refractivity contribution >= 4 is 17.5 Å². The molecule has 2 aliphatic rings. The van der Waals surface area contributed by atoms with Crippen LogP contribution in [0.15, 0.2) is 42.7 Å². The number of hydrogen-bond donors (Lipinski definition) is 1. The van der Waals surface area contributed by atoms with Gasteiger partial charge >= 0.3 is 0 Å². The zero-order valence-electron chi connectivity index (χ0n) is 18.0. The van der Waals surface area contributed by atoms with Gasteiger partial charge in [-0.3, -0.25) is 14.6 Å². The molecule has 0 unspecified atom stereocenters. The van der Waals surface area contributed by atoms with Crippen LogP contribution in [0.3, 0.4) is 0 Å². The Labute approximate surface area is 185 Å². The quantitative estimate of drug-likeness (QED) is 0.678. The molecule has 164 valence electrons. The van der Waals surface area contributed by atoms with Gasteiger partial charge in [0.25, 0.3) is 11.8 Å². The van der Waals surface area contributed by atoms with E-state index >= 15 is 0 Å². The highest BCUT2D eigenvalue weighted by Crippen LogP contribution is 2.33. The summed E-state index contributed by atoms with van der Waals surface area (Å²) in [5.41, 5.74) is 2.24. The van der Waals surface area contributed by atoms with Crippen LogP contribution in [-0.4, -0.2) is 56.7 Å². The van der Waals surface area contributed by atoms with E-state index in [9.17, 15) is 9.59 Å². The maximum atomic E-state index is 13.0. The molecule has 0 spiro atoms. The van der Waals surface area contributed by atoms with Crippen LogP contribution in [0.4, 0.5) is 5.69 Å². The number of rotatable bonds is 4. The molecule has 0 saturated carbocycles. The van der Waals surface area contributed by atoms with E-state index in [2.05, 4.69) is 20.5 Å². The van der Waals surface area contributed by atoms with Crippen LogP contribution in [0.25, 0.3) is 0 Å². The van der Waals surface area contributed by atoms with Crippen LogP contribution in [0, 0.1) is 18.8 Å². The first-order chi connectivity index (χ1) is 15.5. The molecule has 0 bridgehead atoms. The molecule has 1 fully saturated rings. The monoisotopic (exact) mass is 432 g/mol. The minimum atomic E-state index is -0.302. The molecule has 2 atom stereocenters. The number of ether oxygens (including phenoxy) is 1. The van der Waals surface area contributed by atoms with E-state index in [1.165, 1.54) is 0 Å². The predicted octanol–water partition coefficient (Wildman–Crippen LogP) is 2.19. The first-order valence-corrected chi connectivity index (χ1v) is 10.6. The second kappa shape index (κ2) is 8.07.